The van der Waals surface area contributed by atoms with E-state index in [0.29, 0.717) is 11.3 Å². The number of nitriles is 1. The molecule has 2 aromatic heterocycles. The maximum absolute atomic E-state index is 11.9. The molecule has 0 saturated heterocycles. The number of carbonyl (C=O) groups excluding carboxylic acids is 1. The highest BCUT2D eigenvalue weighted by Crippen LogP contribution is 2.30. The molecule has 0 spiro atoms. The van der Waals surface area contributed by atoms with Crippen LogP contribution in [0, 0.1) is 11.3 Å². The Labute approximate surface area is 133 Å². The number of fused-ring (bicyclic) bond motifs is 1. The van der Waals surface area contributed by atoms with Gasteiger partial charge >= 0.3 is 5.97 Å². The third kappa shape index (κ3) is 2.44. The predicted octanol–water partition coefficient (Wildman–Crippen LogP) is 3.02. The van der Waals surface area contributed by atoms with Gasteiger partial charge in [0.15, 0.2) is 0 Å². The number of hydrogen-bond acceptors (Lipinski definition) is 4. The van der Waals surface area contributed by atoms with Gasteiger partial charge in [-0.15, -0.1) is 0 Å². The van der Waals surface area contributed by atoms with Crippen LogP contribution in [0.2, 0.25) is 0 Å². The summed E-state index contributed by atoms with van der Waals surface area (Å²) < 4.78 is 6.72. The maximum atomic E-state index is 11.9. The van der Waals surface area contributed by atoms with Gasteiger partial charge in [-0.2, -0.15) is 5.26 Å². The van der Waals surface area contributed by atoms with Crippen LogP contribution in [0.3, 0.4) is 0 Å². The number of pyridine rings is 1. The van der Waals surface area contributed by atoms with Crippen molar-refractivity contribution in [1.29, 1.82) is 5.26 Å². The molecule has 3 rings (SSSR count). The fourth-order valence-electron chi connectivity index (χ4n) is 2.76. The normalized spacial score (nSPS) is 11.9. The lowest BCUT2D eigenvalue weighted by Gasteiger charge is -2.14. The molecule has 3 aromatic rings. The molecule has 0 fully saturated rings. The molecular weight excluding hydrogens is 290 g/mol. The van der Waals surface area contributed by atoms with E-state index in [2.05, 4.69) is 11.1 Å². The van der Waals surface area contributed by atoms with E-state index in [9.17, 15) is 10.1 Å². The molecule has 1 aromatic carbocycles. The number of aromatic nitrogens is 2. The molecule has 5 heteroatoms. The lowest BCUT2D eigenvalue weighted by molar-refractivity contribution is 0.0602. The molecule has 0 bridgehead atoms. The van der Waals surface area contributed by atoms with Crippen molar-refractivity contribution >= 4 is 16.7 Å². The summed E-state index contributed by atoms with van der Waals surface area (Å²) in [5.74, 6) is -0.945. The number of carbonyl (C=O) groups is 1. The lowest BCUT2D eigenvalue weighted by Crippen LogP contribution is -2.09. The Morgan fingerprint density at radius 1 is 1.26 bits per heavy atom. The molecule has 1 unspecified atom stereocenters. The van der Waals surface area contributed by atoms with E-state index < -0.39 is 11.9 Å². The highest BCUT2D eigenvalue weighted by molar-refractivity contribution is 6.04. The first-order valence-corrected chi connectivity index (χ1v) is 7.14. The summed E-state index contributed by atoms with van der Waals surface area (Å²) in [4.78, 5) is 16.3. The molecule has 0 radical (unpaired) electrons. The van der Waals surface area contributed by atoms with Crippen molar-refractivity contribution in [3.63, 3.8) is 0 Å². The minimum atomic E-state index is -0.508. The van der Waals surface area contributed by atoms with E-state index in [0.717, 1.165) is 16.5 Å². The van der Waals surface area contributed by atoms with Gasteiger partial charge in [0.05, 0.1) is 24.4 Å². The molecular formula is C18H15N3O2. The Morgan fingerprint density at radius 3 is 2.61 bits per heavy atom. The summed E-state index contributed by atoms with van der Waals surface area (Å²) in [6.45, 7) is 0. The van der Waals surface area contributed by atoms with Crippen molar-refractivity contribution in [2.75, 3.05) is 7.11 Å². The van der Waals surface area contributed by atoms with Gasteiger partial charge in [0.25, 0.3) is 0 Å². The summed E-state index contributed by atoms with van der Waals surface area (Å²) in [5, 5.41) is 11.2. The number of rotatable bonds is 3. The Bertz CT molecular complexity index is 921. The Morgan fingerprint density at radius 2 is 2.00 bits per heavy atom. The monoisotopic (exact) mass is 305 g/mol. The summed E-state index contributed by atoms with van der Waals surface area (Å²) in [5.41, 5.74) is 1.89. The van der Waals surface area contributed by atoms with Crippen LogP contribution in [0.4, 0.5) is 0 Å². The quantitative estimate of drug-likeness (QED) is 0.698. The number of methoxy groups -OCH3 is 1. The van der Waals surface area contributed by atoms with Gasteiger partial charge in [-0.1, -0.05) is 24.3 Å². The van der Waals surface area contributed by atoms with Crippen molar-refractivity contribution < 1.29 is 9.53 Å². The highest BCUT2D eigenvalue weighted by Gasteiger charge is 2.22. The predicted molar refractivity (Wildman–Crippen MR) is 86.0 cm³/mol. The molecule has 0 aliphatic carbocycles. The highest BCUT2D eigenvalue weighted by atomic mass is 16.5. The van der Waals surface area contributed by atoms with Crippen LogP contribution in [0.1, 0.15) is 27.7 Å². The van der Waals surface area contributed by atoms with Crippen LogP contribution < -0.4 is 0 Å². The minimum absolute atomic E-state index is 0.399. The number of ether oxygens (including phenoxy) is 1. The zero-order chi connectivity index (χ0) is 16.4. The van der Waals surface area contributed by atoms with E-state index in [1.54, 1.807) is 0 Å². The van der Waals surface area contributed by atoms with Gasteiger partial charge in [0.2, 0.25) is 0 Å². The van der Waals surface area contributed by atoms with Crippen molar-refractivity contribution in [2.24, 2.45) is 7.05 Å². The zero-order valence-corrected chi connectivity index (χ0v) is 12.9. The molecule has 0 N–H and O–H groups in total. The molecule has 1 atom stereocenters. The molecule has 0 saturated carbocycles. The average molecular weight is 305 g/mol. The van der Waals surface area contributed by atoms with Gasteiger partial charge < -0.3 is 9.30 Å². The van der Waals surface area contributed by atoms with Crippen LogP contribution in [0.25, 0.3) is 10.8 Å². The molecule has 23 heavy (non-hydrogen) atoms. The topological polar surface area (TPSA) is 67.9 Å². The fraction of sp³-hybridized carbons (Fsp3) is 0.167. The number of hydrogen-bond donors (Lipinski definition) is 0. The summed E-state index contributed by atoms with van der Waals surface area (Å²) >= 11 is 0. The zero-order valence-electron chi connectivity index (χ0n) is 12.9. The van der Waals surface area contributed by atoms with Crippen LogP contribution in [0.15, 0.2) is 48.8 Å². The first-order valence-electron chi connectivity index (χ1n) is 7.14. The molecule has 0 amide bonds. The second-order valence-electron chi connectivity index (χ2n) is 5.20. The standard InChI is InChI=1S/C18H15N3O2/c1-21-9-5-8-16(21)14(10-19)17-13-7-4-3-6-12(13)15(11-20-17)18(22)23-2/h3-9,11,14H,1-2H3. The van der Waals surface area contributed by atoms with E-state index in [1.165, 1.54) is 13.3 Å². The maximum Gasteiger partial charge on any atom is 0.340 e. The van der Waals surface area contributed by atoms with Crippen molar-refractivity contribution in [3.8, 4) is 6.07 Å². The Hall–Kier alpha value is -3.13. The van der Waals surface area contributed by atoms with Gasteiger partial charge in [0.1, 0.15) is 5.92 Å². The van der Waals surface area contributed by atoms with Gasteiger partial charge in [-0.05, 0) is 17.5 Å². The fourth-order valence-corrected chi connectivity index (χ4v) is 2.76. The average Bonchev–Trinajstić information content (AvgIpc) is 3.01. The minimum Gasteiger partial charge on any atom is -0.465 e. The van der Waals surface area contributed by atoms with E-state index >= 15 is 0 Å². The van der Waals surface area contributed by atoms with Crippen molar-refractivity contribution in [1.82, 2.24) is 9.55 Å². The van der Waals surface area contributed by atoms with Gasteiger partial charge in [-0.25, -0.2) is 4.79 Å². The molecule has 114 valence electrons. The summed E-state index contributed by atoms with van der Waals surface area (Å²) in [6.07, 6.45) is 3.38. The third-order valence-electron chi connectivity index (χ3n) is 3.91. The van der Waals surface area contributed by atoms with Crippen LogP contribution in [-0.4, -0.2) is 22.6 Å². The number of nitrogens with zero attached hydrogens (tertiary/aromatic N) is 3. The number of aryl methyl sites for hydroxylation is 1. The first-order chi connectivity index (χ1) is 11.2. The molecule has 0 aliphatic rings. The van der Waals surface area contributed by atoms with Crippen LogP contribution in [-0.2, 0) is 11.8 Å². The van der Waals surface area contributed by atoms with E-state index in [-0.39, 0.29) is 0 Å². The molecule has 0 aliphatic heterocycles. The number of benzene rings is 1. The largest absolute Gasteiger partial charge is 0.465 e. The lowest BCUT2D eigenvalue weighted by atomic mass is 9.95. The third-order valence-corrected chi connectivity index (χ3v) is 3.91. The van der Waals surface area contributed by atoms with Crippen molar-refractivity contribution in [2.45, 2.75) is 5.92 Å². The Kier molecular flexibility index (Phi) is 3.82. The van der Waals surface area contributed by atoms with Crippen molar-refractivity contribution in [3.05, 3.63) is 65.7 Å². The van der Waals surface area contributed by atoms with Gasteiger partial charge in [-0.3, -0.25) is 4.98 Å². The van der Waals surface area contributed by atoms with Crippen LogP contribution in [0.5, 0.6) is 0 Å². The van der Waals surface area contributed by atoms with Gasteiger partial charge in [0, 0.05) is 30.5 Å². The SMILES string of the molecule is COC(=O)c1cnc(C(C#N)c2cccn2C)c2ccccc12. The summed E-state index contributed by atoms with van der Waals surface area (Å²) in [7, 11) is 3.23. The Balaban J connectivity index is 2.25. The molecule has 5 nitrogen and oxygen atoms in total. The van der Waals surface area contributed by atoms with E-state index in [4.69, 9.17) is 4.74 Å². The number of esters is 1. The smallest absolute Gasteiger partial charge is 0.340 e. The second kappa shape index (κ2) is 5.93. The first kappa shape index (κ1) is 14.8. The van der Waals surface area contributed by atoms with Crippen LogP contribution >= 0.6 is 0 Å². The second-order valence-corrected chi connectivity index (χ2v) is 5.20. The van der Waals surface area contributed by atoms with E-state index in [1.807, 2.05) is 54.2 Å². The summed E-state index contributed by atoms with van der Waals surface area (Å²) in [6, 6.07) is 13.5. The molecule has 2 heterocycles.